The minimum Gasteiger partial charge on any atom is -0.361 e. The van der Waals surface area contributed by atoms with Crippen LogP contribution in [-0.2, 0) is 17.6 Å². The van der Waals surface area contributed by atoms with Crippen LogP contribution >= 0.6 is 24.0 Å². The van der Waals surface area contributed by atoms with Crippen LogP contribution in [0.1, 0.15) is 18.1 Å². The summed E-state index contributed by atoms with van der Waals surface area (Å²) in [7, 11) is 0. The van der Waals surface area contributed by atoms with Crippen molar-refractivity contribution in [1.29, 1.82) is 0 Å². The first-order valence-electron chi connectivity index (χ1n) is 10.3. The number of H-pyrrole nitrogens is 1. The van der Waals surface area contributed by atoms with Crippen LogP contribution in [0.4, 0.5) is 10.1 Å². The van der Waals surface area contributed by atoms with Gasteiger partial charge in [0.15, 0.2) is 5.96 Å². The smallest absolute Gasteiger partial charge is 0.248 e. The van der Waals surface area contributed by atoms with E-state index in [9.17, 15) is 9.18 Å². The van der Waals surface area contributed by atoms with Gasteiger partial charge in [0.1, 0.15) is 12.4 Å². The van der Waals surface area contributed by atoms with Gasteiger partial charge in [-0.3, -0.25) is 4.79 Å². The van der Waals surface area contributed by atoms with Crippen molar-refractivity contribution in [2.75, 3.05) is 31.1 Å². The van der Waals surface area contributed by atoms with Gasteiger partial charge in [0.2, 0.25) is 5.91 Å². The van der Waals surface area contributed by atoms with Crippen LogP contribution in [-0.4, -0.2) is 43.0 Å². The number of rotatable bonds is 6. The average molecular weight is 535 g/mol. The SMILES string of the molecule is CCNC(=NCC(=O)N1CCc2ccccc21)NCCc1c[nH]c2cc(F)ccc12.I. The molecule has 1 aliphatic rings. The van der Waals surface area contributed by atoms with Crippen molar-refractivity contribution in [3.63, 3.8) is 0 Å². The molecule has 0 atom stereocenters. The minimum absolute atomic E-state index is 0. The Morgan fingerprint density at radius 1 is 1.23 bits per heavy atom. The summed E-state index contributed by atoms with van der Waals surface area (Å²) in [6.07, 6.45) is 3.55. The van der Waals surface area contributed by atoms with Gasteiger partial charge in [-0.2, -0.15) is 0 Å². The molecular weight excluding hydrogens is 508 g/mol. The zero-order valence-corrected chi connectivity index (χ0v) is 19.8. The lowest BCUT2D eigenvalue weighted by Crippen LogP contribution is -2.39. The number of aliphatic imine (C=N–C) groups is 1. The fraction of sp³-hybridized carbons (Fsp3) is 0.304. The highest BCUT2D eigenvalue weighted by Crippen LogP contribution is 2.27. The van der Waals surface area contributed by atoms with Crippen LogP contribution in [0.25, 0.3) is 10.9 Å². The fourth-order valence-corrected chi connectivity index (χ4v) is 3.85. The molecule has 1 amide bonds. The van der Waals surface area contributed by atoms with Gasteiger partial charge < -0.3 is 20.5 Å². The number of nitrogens with zero attached hydrogens (tertiary/aromatic N) is 2. The Morgan fingerprint density at radius 3 is 2.90 bits per heavy atom. The van der Waals surface area contributed by atoms with Crippen LogP contribution in [0, 0.1) is 5.82 Å². The Labute approximate surface area is 198 Å². The molecule has 2 aromatic carbocycles. The van der Waals surface area contributed by atoms with E-state index in [4.69, 9.17) is 0 Å². The summed E-state index contributed by atoms with van der Waals surface area (Å²) in [5.41, 5.74) is 4.10. The Hall–Kier alpha value is -2.62. The molecule has 0 bridgehead atoms. The van der Waals surface area contributed by atoms with Gasteiger partial charge in [-0.05, 0) is 55.2 Å². The number of carbonyl (C=O) groups is 1. The second-order valence-electron chi connectivity index (χ2n) is 7.30. The van der Waals surface area contributed by atoms with E-state index in [0.717, 1.165) is 35.0 Å². The molecule has 0 aliphatic carbocycles. The van der Waals surface area contributed by atoms with Gasteiger partial charge in [-0.25, -0.2) is 9.38 Å². The van der Waals surface area contributed by atoms with Crippen LogP contribution in [0.5, 0.6) is 0 Å². The van der Waals surface area contributed by atoms with Crippen LogP contribution in [0.2, 0.25) is 0 Å². The molecule has 8 heteroatoms. The van der Waals surface area contributed by atoms with Crippen molar-refractivity contribution >= 4 is 52.4 Å². The summed E-state index contributed by atoms with van der Waals surface area (Å²) in [5, 5.41) is 7.48. The average Bonchev–Trinajstić information content (AvgIpc) is 3.35. The number of aromatic nitrogens is 1. The number of aromatic amines is 1. The zero-order valence-electron chi connectivity index (χ0n) is 17.5. The molecule has 3 N–H and O–H groups in total. The van der Waals surface area contributed by atoms with E-state index in [0.29, 0.717) is 25.6 Å². The number of guanidine groups is 1. The normalized spacial score (nSPS) is 13.1. The third-order valence-corrected chi connectivity index (χ3v) is 5.32. The topological polar surface area (TPSA) is 72.5 Å². The van der Waals surface area contributed by atoms with Gasteiger partial charge in [-0.15, -0.1) is 24.0 Å². The molecule has 4 rings (SSSR count). The Kier molecular flexibility index (Phi) is 7.89. The van der Waals surface area contributed by atoms with Gasteiger partial charge >= 0.3 is 0 Å². The Balaban J connectivity index is 0.00000272. The van der Waals surface area contributed by atoms with Crippen molar-refractivity contribution in [2.24, 2.45) is 4.99 Å². The van der Waals surface area contributed by atoms with Crippen molar-refractivity contribution in [3.8, 4) is 0 Å². The highest BCUT2D eigenvalue weighted by atomic mass is 127. The molecule has 0 radical (unpaired) electrons. The lowest BCUT2D eigenvalue weighted by molar-refractivity contribution is -0.117. The fourth-order valence-electron chi connectivity index (χ4n) is 3.85. The molecule has 0 saturated carbocycles. The lowest BCUT2D eigenvalue weighted by atomic mass is 10.1. The number of hydrogen-bond acceptors (Lipinski definition) is 2. The number of para-hydroxylation sites is 1. The number of fused-ring (bicyclic) bond motifs is 2. The summed E-state index contributed by atoms with van der Waals surface area (Å²) in [4.78, 5) is 22.1. The molecular formula is C23H27FIN5O. The van der Waals surface area contributed by atoms with E-state index < -0.39 is 0 Å². The van der Waals surface area contributed by atoms with E-state index in [-0.39, 0.29) is 42.2 Å². The van der Waals surface area contributed by atoms with Crippen LogP contribution in [0.3, 0.4) is 0 Å². The minimum atomic E-state index is -0.249. The maximum atomic E-state index is 13.3. The van der Waals surface area contributed by atoms with Gasteiger partial charge in [0.05, 0.1) is 0 Å². The standard InChI is InChI=1S/C23H26FN5O.HI/c1-2-25-23(26-11-9-17-14-27-20-13-18(24)7-8-19(17)20)28-15-22(30)29-12-10-16-5-3-4-6-21(16)29;/h3-8,13-14,27H,2,9-12,15H2,1H3,(H2,25,26,28);1H. The lowest BCUT2D eigenvalue weighted by Gasteiger charge is -2.17. The third kappa shape index (κ3) is 5.36. The Bertz CT molecular complexity index is 1080. The summed E-state index contributed by atoms with van der Waals surface area (Å²) < 4.78 is 13.3. The zero-order chi connectivity index (χ0) is 20.9. The van der Waals surface area contributed by atoms with Gasteiger partial charge in [0.25, 0.3) is 0 Å². The van der Waals surface area contributed by atoms with Gasteiger partial charge in [0, 0.05) is 42.4 Å². The molecule has 31 heavy (non-hydrogen) atoms. The molecule has 164 valence electrons. The van der Waals surface area contributed by atoms with E-state index in [1.807, 2.05) is 36.2 Å². The molecule has 1 aliphatic heterocycles. The summed E-state index contributed by atoms with van der Waals surface area (Å²) in [6, 6.07) is 12.8. The summed E-state index contributed by atoms with van der Waals surface area (Å²) >= 11 is 0. The highest BCUT2D eigenvalue weighted by Gasteiger charge is 2.23. The molecule has 3 aromatic rings. The van der Waals surface area contributed by atoms with E-state index in [1.165, 1.54) is 17.7 Å². The molecule has 0 spiro atoms. The van der Waals surface area contributed by atoms with Crippen LogP contribution < -0.4 is 15.5 Å². The third-order valence-electron chi connectivity index (χ3n) is 5.32. The quantitative estimate of drug-likeness (QED) is 0.257. The van der Waals surface area contributed by atoms with Crippen LogP contribution in [0.15, 0.2) is 53.7 Å². The molecule has 2 heterocycles. The molecule has 1 aromatic heterocycles. The number of benzene rings is 2. The highest BCUT2D eigenvalue weighted by molar-refractivity contribution is 14.0. The number of anilines is 1. The number of hydrogen-bond donors (Lipinski definition) is 3. The summed E-state index contributed by atoms with van der Waals surface area (Å²) in [5.74, 6) is 0.362. The maximum absolute atomic E-state index is 13.3. The number of halogens is 2. The maximum Gasteiger partial charge on any atom is 0.248 e. The molecule has 6 nitrogen and oxygen atoms in total. The predicted octanol–water partition coefficient (Wildman–Crippen LogP) is 3.61. The number of nitrogens with one attached hydrogen (secondary N) is 3. The Morgan fingerprint density at radius 2 is 2.06 bits per heavy atom. The predicted molar refractivity (Wildman–Crippen MR) is 134 cm³/mol. The molecule has 0 fully saturated rings. The number of amides is 1. The largest absolute Gasteiger partial charge is 0.361 e. The first-order valence-corrected chi connectivity index (χ1v) is 10.3. The molecule has 0 saturated heterocycles. The van der Waals surface area contributed by atoms with E-state index >= 15 is 0 Å². The second kappa shape index (κ2) is 10.6. The first kappa shape index (κ1) is 23.1. The van der Waals surface area contributed by atoms with E-state index in [1.54, 1.807) is 6.07 Å². The van der Waals surface area contributed by atoms with Crippen molar-refractivity contribution in [3.05, 3.63) is 65.6 Å². The second-order valence-corrected chi connectivity index (χ2v) is 7.30. The monoisotopic (exact) mass is 535 g/mol. The van der Waals surface area contributed by atoms with Crippen molar-refractivity contribution in [1.82, 2.24) is 15.6 Å². The van der Waals surface area contributed by atoms with E-state index in [2.05, 4.69) is 26.7 Å². The van der Waals surface area contributed by atoms with Crippen molar-refractivity contribution in [2.45, 2.75) is 19.8 Å². The number of carbonyl (C=O) groups excluding carboxylic acids is 1. The van der Waals surface area contributed by atoms with Gasteiger partial charge in [-0.1, -0.05) is 18.2 Å². The molecule has 0 unspecified atom stereocenters. The summed E-state index contributed by atoms with van der Waals surface area (Å²) in [6.45, 7) is 4.15. The first-order chi connectivity index (χ1) is 14.7. The van der Waals surface area contributed by atoms with Crippen molar-refractivity contribution < 1.29 is 9.18 Å².